The van der Waals surface area contributed by atoms with Gasteiger partial charge in [0, 0.05) is 18.6 Å². The van der Waals surface area contributed by atoms with Crippen LogP contribution in [0.4, 0.5) is 0 Å². The van der Waals surface area contributed by atoms with Gasteiger partial charge in [-0.1, -0.05) is 38.7 Å². The molecule has 0 amide bonds. The predicted octanol–water partition coefficient (Wildman–Crippen LogP) is 4.40. The fourth-order valence-electron chi connectivity index (χ4n) is 1.99. The van der Waals surface area contributed by atoms with Gasteiger partial charge >= 0.3 is 0 Å². The van der Waals surface area contributed by atoms with Gasteiger partial charge < -0.3 is 9.53 Å². The van der Waals surface area contributed by atoms with Gasteiger partial charge in [0.15, 0.2) is 8.32 Å². The van der Waals surface area contributed by atoms with Crippen LogP contribution in [0.5, 0.6) is 0 Å². The third kappa shape index (κ3) is 6.49. The lowest BCUT2D eigenvalue weighted by atomic mass is 10.0. The van der Waals surface area contributed by atoms with E-state index < -0.39 is 8.32 Å². The maximum Gasteiger partial charge on any atom is 0.191 e. The Morgan fingerprint density at radius 2 is 1.83 bits per heavy atom. The number of benzene rings is 1. The van der Waals surface area contributed by atoms with Crippen molar-refractivity contribution in [2.24, 2.45) is 0 Å². The van der Waals surface area contributed by atoms with Crippen molar-refractivity contribution < 1.29 is 9.53 Å². The smallest absolute Gasteiger partial charge is 0.191 e. The maximum absolute atomic E-state index is 9.29. The van der Waals surface area contributed by atoms with Crippen LogP contribution >= 0.6 is 0 Å². The first-order chi connectivity index (χ1) is 11.2. The molecule has 0 aliphatic heterocycles. The molecule has 0 atom stereocenters. The van der Waals surface area contributed by atoms with Gasteiger partial charge in [0.05, 0.1) is 19.1 Å². The highest BCUT2D eigenvalue weighted by molar-refractivity contribution is 6.74. The summed E-state index contributed by atoms with van der Waals surface area (Å²) >= 11 is 0. The molecule has 0 aliphatic carbocycles. The Morgan fingerprint density at radius 3 is 2.42 bits per heavy atom. The van der Waals surface area contributed by atoms with Gasteiger partial charge in [0.1, 0.15) is 0 Å². The van der Waals surface area contributed by atoms with Crippen LogP contribution in [0.15, 0.2) is 18.2 Å². The first-order valence-electron chi connectivity index (χ1n) is 8.43. The van der Waals surface area contributed by atoms with Gasteiger partial charge in [-0.2, -0.15) is 5.26 Å². The molecule has 130 valence electrons. The third-order valence-electron chi connectivity index (χ3n) is 4.47. The molecule has 0 fully saturated rings. The third-order valence-corrected chi connectivity index (χ3v) is 9.00. The molecule has 0 saturated carbocycles. The van der Waals surface area contributed by atoms with Crippen molar-refractivity contribution in [2.45, 2.75) is 64.8 Å². The fourth-order valence-corrected chi connectivity index (χ4v) is 3.08. The van der Waals surface area contributed by atoms with Crippen LogP contribution in [-0.4, -0.2) is 20.0 Å². The molecule has 0 radical (unpaired) electrons. The van der Waals surface area contributed by atoms with Crippen molar-refractivity contribution in [3.8, 4) is 17.9 Å². The van der Waals surface area contributed by atoms with E-state index in [9.17, 15) is 5.11 Å². The molecule has 0 bridgehead atoms. The van der Waals surface area contributed by atoms with E-state index in [0.717, 1.165) is 36.1 Å². The molecule has 0 saturated heterocycles. The number of hydrogen-bond acceptors (Lipinski definition) is 3. The number of hydrogen-bond donors (Lipinski definition) is 1. The van der Waals surface area contributed by atoms with Crippen LogP contribution in [0.3, 0.4) is 0 Å². The van der Waals surface area contributed by atoms with E-state index in [1.807, 2.05) is 18.2 Å². The zero-order valence-electron chi connectivity index (χ0n) is 15.6. The van der Waals surface area contributed by atoms with Crippen molar-refractivity contribution in [3.63, 3.8) is 0 Å². The van der Waals surface area contributed by atoms with E-state index in [1.165, 1.54) is 0 Å². The highest BCUT2D eigenvalue weighted by atomic mass is 28.4. The number of aliphatic hydroxyl groups is 1. The minimum atomic E-state index is -1.66. The van der Waals surface area contributed by atoms with Gasteiger partial charge in [-0.15, -0.1) is 0 Å². The molecular formula is C20H29NO2Si. The summed E-state index contributed by atoms with van der Waals surface area (Å²) in [6.45, 7) is 12.0. The van der Waals surface area contributed by atoms with Crippen LogP contribution in [0.25, 0.3) is 0 Å². The first-order valence-corrected chi connectivity index (χ1v) is 11.3. The summed E-state index contributed by atoms with van der Waals surface area (Å²) in [5.74, 6) is 6.30. The van der Waals surface area contributed by atoms with Crippen molar-refractivity contribution in [3.05, 3.63) is 34.9 Å². The Morgan fingerprint density at radius 1 is 1.17 bits per heavy atom. The molecule has 1 rings (SSSR count). The van der Waals surface area contributed by atoms with E-state index in [1.54, 1.807) is 0 Å². The van der Waals surface area contributed by atoms with Crippen LogP contribution < -0.4 is 0 Å². The Hall–Kier alpha value is -1.59. The summed E-state index contributed by atoms with van der Waals surface area (Å²) in [6, 6.07) is 7.77. The molecule has 0 spiro atoms. The first kappa shape index (κ1) is 20.5. The van der Waals surface area contributed by atoms with Crippen LogP contribution in [-0.2, 0) is 17.5 Å². The van der Waals surface area contributed by atoms with Crippen molar-refractivity contribution in [1.29, 1.82) is 5.26 Å². The second-order valence-electron chi connectivity index (χ2n) is 7.55. The van der Waals surface area contributed by atoms with Gasteiger partial charge in [0.25, 0.3) is 0 Å². The minimum Gasteiger partial charge on any atom is -0.417 e. The molecule has 0 aromatic heterocycles. The molecule has 0 heterocycles. The standard InChI is InChI=1S/C20H29NO2Si/c1-20(2,3)24(4,5)23-12-8-6-7-9-17-13-18(10-11-21)15-19(14-17)16-22/h13-15,22H,6,8,10,12,16H2,1-5H3. The highest BCUT2D eigenvalue weighted by Crippen LogP contribution is 2.36. The molecule has 3 nitrogen and oxygen atoms in total. The molecule has 1 aromatic rings. The predicted molar refractivity (Wildman–Crippen MR) is 101 cm³/mol. The topological polar surface area (TPSA) is 53.2 Å². The summed E-state index contributed by atoms with van der Waals surface area (Å²) in [6.07, 6.45) is 2.04. The number of aliphatic hydroxyl groups excluding tert-OH is 1. The van der Waals surface area contributed by atoms with Crippen LogP contribution in [0.1, 0.15) is 50.3 Å². The Balaban J connectivity index is 2.55. The lowest BCUT2D eigenvalue weighted by molar-refractivity contribution is 0.281. The van der Waals surface area contributed by atoms with Gasteiger partial charge in [-0.3, -0.25) is 0 Å². The van der Waals surface area contributed by atoms with Crippen LogP contribution in [0.2, 0.25) is 18.1 Å². The minimum absolute atomic E-state index is 0.0334. The van der Waals surface area contributed by atoms with E-state index in [0.29, 0.717) is 6.42 Å². The molecule has 1 N–H and O–H groups in total. The average molecular weight is 344 g/mol. The molecular weight excluding hydrogens is 314 g/mol. The summed E-state index contributed by atoms with van der Waals surface area (Å²) < 4.78 is 6.14. The zero-order chi connectivity index (χ0) is 18.2. The number of rotatable bonds is 6. The van der Waals surface area contributed by atoms with E-state index >= 15 is 0 Å². The van der Waals surface area contributed by atoms with E-state index in [4.69, 9.17) is 9.69 Å². The highest BCUT2D eigenvalue weighted by Gasteiger charge is 2.36. The lowest BCUT2D eigenvalue weighted by Gasteiger charge is -2.36. The number of unbranched alkanes of at least 4 members (excludes halogenated alkanes) is 1. The second kappa shape index (κ2) is 9.04. The molecule has 24 heavy (non-hydrogen) atoms. The number of nitriles is 1. The normalized spacial score (nSPS) is 11.5. The Labute approximate surface area is 147 Å². The number of nitrogens with zero attached hydrogens (tertiary/aromatic N) is 1. The maximum atomic E-state index is 9.29. The van der Waals surface area contributed by atoms with Crippen molar-refractivity contribution >= 4 is 8.32 Å². The van der Waals surface area contributed by atoms with Gasteiger partial charge in [-0.05, 0) is 47.8 Å². The lowest BCUT2D eigenvalue weighted by Crippen LogP contribution is -2.40. The molecule has 0 aliphatic rings. The Bertz CT molecular complexity index is 642. The monoisotopic (exact) mass is 343 g/mol. The molecule has 0 unspecified atom stereocenters. The van der Waals surface area contributed by atoms with Crippen LogP contribution in [0, 0.1) is 23.2 Å². The molecule has 4 heteroatoms. The molecule has 1 aromatic carbocycles. The van der Waals surface area contributed by atoms with E-state index in [-0.39, 0.29) is 11.6 Å². The summed E-state index contributed by atoms with van der Waals surface area (Å²) in [5.41, 5.74) is 2.56. The summed E-state index contributed by atoms with van der Waals surface area (Å²) in [5, 5.41) is 18.3. The summed E-state index contributed by atoms with van der Waals surface area (Å²) in [7, 11) is -1.66. The summed E-state index contributed by atoms with van der Waals surface area (Å²) in [4.78, 5) is 0. The van der Waals surface area contributed by atoms with Gasteiger partial charge in [-0.25, -0.2) is 0 Å². The fraction of sp³-hybridized carbons (Fsp3) is 0.550. The Kier molecular flexibility index (Phi) is 7.70. The second-order valence-corrected chi connectivity index (χ2v) is 12.4. The van der Waals surface area contributed by atoms with E-state index in [2.05, 4.69) is 51.8 Å². The SMILES string of the molecule is CC(C)(C)[Si](C)(C)OCCCC#Cc1cc(CO)cc(CC#N)c1. The largest absolute Gasteiger partial charge is 0.417 e. The van der Waals surface area contributed by atoms with Crippen molar-refractivity contribution in [2.75, 3.05) is 6.61 Å². The van der Waals surface area contributed by atoms with Gasteiger partial charge in [0.2, 0.25) is 0 Å². The average Bonchev–Trinajstić information content (AvgIpc) is 2.49. The quantitative estimate of drug-likeness (QED) is 0.473. The zero-order valence-corrected chi connectivity index (χ0v) is 16.6. The van der Waals surface area contributed by atoms with Crippen molar-refractivity contribution in [1.82, 2.24) is 0 Å².